The van der Waals surface area contributed by atoms with Gasteiger partial charge in [-0.15, -0.1) is 0 Å². The maximum atomic E-state index is 6.00. The number of nitrogens with zero attached hydrogens (tertiary/aromatic N) is 3. The highest BCUT2D eigenvalue weighted by Crippen LogP contribution is 2.28. The molecule has 1 heterocycles. The first-order valence-corrected chi connectivity index (χ1v) is 10.9. The number of aromatic amines is 1. The Morgan fingerprint density at radius 3 is 2.52 bits per heavy atom. The normalized spacial score (nSPS) is 11.0. The molecule has 0 aliphatic carbocycles. The third kappa shape index (κ3) is 5.48. The molecule has 0 bridgehead atoms. The topological polar surface area (TPSA) is 73.7 Å². The summed E-state index contributed by atoms with van der Waals surface area (Å²) in [5.74, 6) is 2.69. The molecule has 4 rings (SSSR count). The van der Waals surface area contributed by atoms with E-state index in [1.807, 2.05) is 79.7 Å². The van der Waals surface area contributed by atoms with Crippen LogP contribution in [0.5, 0.6) is 17.2 Å². The zero-order valence-corrected chi connectivity index (χ0v) is 19.2. The Labute approximate surface area is 197 Å². The lowest BCUT2D eigenvalue weighted by Gasteiger charge is -2.11. The van der Waals surface area contributed by atoms with Crippen molar-refractivity contribution in [3.05, 3.63) is 88.7 Å². The summed E-state index contributed by atoms with van der Waals surface area (Å²) in [6.45, 7) is 3.00. The van der Waals surface area contributed by atoms with Gasteiger partial charge >= 0.3 is 0 Å². The highest BCUT2D eigenvalue weighted by molar-refractivity contribution is 7.71. The van der Waals surface area contributed by atoms with Gasteiger partial charge in [0.25, 0.3) is 0 Å². The van der Waals surface area contributed by atoms with E-state index in [0.29, 0.717) is 35.3 Å². The van der Waals surface area contributed by atoms with Gasteiger partial charge in [-0.25, -0.2) is 5.10 Å². The smallest absolute Gasteiger partial charge is 0.216 e. The van der Waals surface area contributed by atoms with Gasteiger partial charge in [-0.2, -0.15) is 14.9 Å². The van der Waals surface area contributed by atoms with Gasteiger partial charge in [0, 0.05) is 5.56 Å². The van der Waals surface area contributed by atoms with Gasteiger partial charge in [-0.1, -0.05) is 30.3 Å². The van der Waals surface area contributed by atoms with Crippen molar-refractivity contribution >= 4 is 18.4 Å². The average Bonchev–Trinajstić information content (AvgIpc) is 3.23. The third-order valence-corrected chi connectivity index (χ3v) is 5.09. The lowest BCUT2D eigenvalue weighted by Crippen LogP contribution is -1.99. The fourth-order valence-electron chi connectivity index (χ4n) is 3.20. The molecule has 0 spiro atoms. The van der Waals surface area contributed by atoms with E-state index in [1.165, 1.54) is 0 Å². The van der Waals surface area contributed by atoms with Gasteiger partial charge in [0.15, 0.2) is 17.3 Å². The molecule has 0 saturated carbocycles. The molecule has 0 radical (unpaired) electrons. The second kappa shape index (κ2) is 10.6. The summed E-state index contributed by atoms with van der Waals surface area (Å²) >= 11 is 5.38. The molecule has 0 unspecified atom stereocenters. The summed E-state index contributed by atoms with van der Waals surface area (Å²) in [4.78, 5) is 0. The SMILES string of the molecule is CCOc1ccc(-c2n[nH]c(=S)n2N=Cc2ccc(OC)c(OCc3ccccc3)c2)cc1. The molecule has 0 saturated heterocycles. The molecule has 3 aromatic carbocycles. The molecule has 4 aromatic rings. The summed E-state index contributed by atoms with van der Waals surface area (Å²) in [6, 6.07) is 23.2. The molecule has 7 nitrogen and oxygen atoms in total. The van der Waals surface area contributed by atoms with Crippen molar-refractivity contribution in [2.45, 2.75) is 13.5 Å². The molecular weight excluding hydrogens is 436 g/mol. The number of methoxy groups -OCH3 is 1. The molecular formula is C25H24N4O3S. The lowest BCUT2D eigenvalue weighted by molar-refractivity contribution is 0.284. The molecule has 0 aliphatic rings. The van der Waals surface area contributed by atoms with Crippen LogP contribution in [0.2, 0.25) is 0 Å². The van der Waals surface area contributed by atoms with Crippen molar-refractivity contribution in [1.82, 2.24) is 14.9 Å². The highest BCUT2D eigenvalue weighted by Gasteiger charge is 2.09. The van der Waals surface area contributed by atoms with Crippen LogP contribution in [0.3, 0.4) is 0 Å². The number of hydrogen-bond acceptors (Lipinski definition) is 6. The van der Waals surface area contributed by atoms with E-state index in [4.69, 9.17) is 26.4 Å². The highest BCUT2D eigenvalue weighted by atomic mass is 32.1. The predicted octanol–water partition coefficient (Wildman–Crippen LogP) is 5.48. The second-order valence-electron chi connectivity index (χ2n) is 7.05. The van der Waals surface area contributed by atoms with Crippen LogP contribution in [0.15, 0.2) is 77.9 Å². The lowest BCUT2D eigenvalue weighted by atomic mass is 10.2. The van der Waals surface area contributed by atoms with Crippen LogP contribution in [0.25, 0.3) is 11.4 Å². The van der Waals surface area contributed by atoms with Gasteiger partial charge < -0.3 is 14.2 Å². The summed E-state index contributed by atoms with van der Waals surface area (Å²) in [5, 5.41) is 11.7. The van der Waals surface area contributed by atoms with E-state index in [0.717, 1.165) is 22.4 Å². The van der Waals surface area contributed by atoms with E-state index in [2.05, 4.69) is 15.3 Å². The van der Waals surface area contributed by atoms with Crippen LogP contribution < -0.4 is 14.2 Å². The maximum Gasteiger partial charge on any atom is 0.216 e. The molecule has 0 fully saturated rings. The van der Waals surface area contributed by atoms with Crippen molar-refractivity contribution in [3.8, 4) is 28.6 Å². The molecule has 8 heteroatoms. The van der Waals surface area contributed by atoms with Crippen LogP contribution in [0.4, 0.5) is 0 Å². The minimum atomic E-state index is 0.393. The largest absolute Gasteiger partial charge is 0.494 e. The summed E-state index contributed by atoms with van der Waals surface area (Å²) in [7, 11) is 1.62. The Hall–Kier alpha value is -3.91. The van der Waals surface area contributed by atoms with Crippen molar-refractivity contribution in [2.24, 2.45) is 5.10 Å². The van der Waals surface area contributed by atoms with Crippen molar-refractivity contribution in [1.29, 1.82) is 0 Å². The van der Waals surface area contributed by atoms with Gasteiger partial charge in [0.2, 0.25) is 4.77 Å². The molecule has 0 aliphatic heterocycles. The first kappa shape index (κ1) is 22.3. The minimum absolute atomic E-state index is 0.393. The first-order chi connectivity index (χ1) is 16.2. The summed E-state index contributed by atoms with van der Waals surface area (Å²) in [5.41, 5.74) is 2.77. The molecule has 33 heavy (non-hydrogen) atoms. The average molecular weight is 461 g/mol. The number of ether oxygens (including phenoxy) is 3. The number of rotatable bonds is 9. The van der Waals surface area contributed by atoms with Gasteiger partial charge in [0.1, 0.15) is 12.4 Å². The number of aromatic nitrogens is 3. The number of benzene rings is 3. The molecule has 0 amide bonds. The van der Waals surface area contributed by atoms with Gasteiger partial charge in [-0.3, -0.25) is 0 Å². The quantitative estimate of drug-likeness (QED) is 0.265. The van der Waals surface area contributed by atoms with E-state index in [1.54, 1.807) is 18.0 Å². The summed E-state index contributed by atoms with van der Waals surface area (Å²) < 4.78 is 18.9. The van der Waals surface area contributed by atoms with Crippen LogP contribution in [-0.2, 0) is 6.61 Å². The van der Waals surface area contributed by atoms with E-state index in [-0.39, 0.29) is 0 Å². The molecule has 1 N–H and O–H groups in total. The standard InChI is InChI=1S/C25H24N4O3S/c1-3-31-21-12-10-20(11-13-21)24-27-28-25(33)29(24)26-16-19-9-14-22(30-2)23(15-19)32-17-18-7-5-4-6-8-18/h4-16H,3,17H2,1-2H3,(H,28,33). The Morgan fingerprint density at radius 2 is 1.79 bits per heavy atom. The summed E-state index contributed by atoms with van der Waals surface area (Å²) in [6.07, 6.45) is 1.71. The van der Waals surface area contributed by atoms with E-state index in [9.17, 15) is 0 Å². The van der Waals surface area contributed by atoms with Crippen LogP contribution in [0, 0.1) is 4.77 Å². The first-order valence-electron chi connectivity index (χ1n) is 10.5. The molecule has 168 valence electrons. The maximum absolute atomic E-state index is 6.00. The van der Waals surface area contributed by atoms with Gasteiger partial charge in [-0.05, 0) is 72.7 Å². The van der Waals surface area contributed by atoms with Crippen molar-refractivity contribution in [2.75, 3.05) is 13.7 Å². The van der Waals surface area contributed by atoms with Crippen LogP contribution in [-0.4, -0.2) is 34.8 Å². The monoisotopic (exact) mass is 460 g/mol. The number of hydrogen-bond donors (Lipinski definition) is 1. The Morgan fingerprint density at radius 1 is 1.00 bits per heavy atom. The number of H-pyrrole nitrogens is 1. The fraction of sp³-hybridized carbons (Fsp3) is 0.160. The zero-order chi connectivity index (χ0) is 23.0. The Balaban J connectivity index is 1.57. The predicted molar refractivity (Wildman–Crippen MR) is 131 cm³/mol. The van der Waals surface area contributed by atoms with Crippen molar-refractivity contribution < 1.29 is 14.2 Å². The van der Waals surface area contributed by atoms with Crippen LogP contribution in [0.1, 0.15) is 18.1 Å². The molecule has 1 aromatic heterocycles. The zero-order valence-electron chi connectivity index (χ0n) is 18.4. The minimum Gasteiger partial charge on any atom is -0.494 e. The van der Waals surface area contributed by atoms with E-state index >= 15 is 0 Å². The van der Waals surface area contributed by atoms with Gasteiger partial charge in [0.05, 0.1) is 19.9 Å². The van der Waals surface area contributed by atoms with E-state index < -0.39 is 0 Å². The fourth-order valence-corrected chi connectivity index (χ4v) is 3.38. The third-order valence-electron chi connectivity index (χ3n) is 4.82. The van der Waals surface area contributed by atoms with Crippen molar-refractivity contribution in [3.63, 3.8) is 0 Å². The van der Waals surface area contributed by atoms with Crippen LogP contribution >= 0.6 is 12.2 Å². The molecule has 0 atom stereocenters. The number of nitrogens with one attached hydrogen (secondary N) is 1. The second-order valence-corrected chi connectivity index (χ2v) is 7.44. The Bertz CT molecular complexity index is 1280. The Kier molecular flexibility index (Phi) is 7.16.